The number of aryl methyl sites for hydroxylation is 1. The van der Waals surface area contributed by atoms with E-state index in [4.69, 9.17) is 17.3 Å². The number of nitrogens with zero attached hydrogens (tertiary/aromatic N) is 3. The van der Waals surface area contributed by atoms with Gasteiger partial charge in [-0.2, -0.15) is 0 Å². The molecule has 18 nitrogen and oxygen atoms in total. The molecule has 3 unspecified atom stereocenters. The number of hydrogen-bond donors (Lipinski definition) is 9. The summed E-state index contributed by atoms with van der Waals surface area (Å²) in [6, 6.07) is 9.37. The van der Waals surface area contributed by atoms with Crippen molar-refractivity contribution in [3.05, 3.63) is 59.9 Å². The number of likely N-dealkylation sites (N-methyl/N-ethyl adjacent to an activating group) is 1. The van der Waals surface area contributed by atoms with Gasteiger partial charge >= 0.3 is 29.9 Å². The van der Waals surface area contributed by atoms with Gasteiger partial charge in [-0.25, -0.2) is 14.2 Å². The van der Waals surface area contributed by atoms with Gasteiger partial charge in [0.2, 0.25) is 5.91 Å². The molecule has 0 bridgehead atoms. The van der Waals surface area contributed by atoms with Gasteiger partial charge in [0.25, 0.3) is 0 Å². The quantitative estimate of drug-likeness (QED) is 0.0339. The number of urea groups is 1. The molecule has 9 N–H and O–H groups in total. The van der Waals surface area contributed by atoms with E-state index < -0.39 is 65.8 Å². The highest BCUT2D eigenvalue weighted by molar-refractivity contribution is 7.80. The number of aromatic nitrogens is 1. The highest BCUT2D eigenvalue weighted by atomic mass is 32.1. The Hall–Kier alpha value is -5.82. The standard InChI is InChI=1S/C43H62N8O10S/c1-49(2)32-14-12-30(13-15-32)10-11-31-19-27-51(28-20-31)26-8-25-46-41(62)45-24-6-4-9-34(39(57)58)47-29-36(52)44-23-7-5-21-43(22-18-33(43)38(55)56)48-42(61)50(3)35(40(59)60)16-17-37(53)54/h10-15,19-20,27-28,33-35,47H,4-9,16-18,21-26,29H2,1-3H3,(H7-,44,45,46,48,52,53,54,55,56,57,58,59,60,61,62)/p+1/t33?,34?,35?,43-/m1/s1. The number of hydrogen-bond acceptors (Lipinski definition) is 9. The maximum atomic E-state index is 13.0. The Bertz CT molecular complexity index is 1850. The summed E-state index contributed by atoms with van der Waals surface area (Å²) in [4.78, 5) is 74.9. The summed E-state index contributed by atoms with van der Waals surface area (Å²) in [7, 11) is 5.26. The number of aliphatic carboxylic acids is 4. The van der Waals surface area contributed by atoms with E-state index >= 15 is 0 Å². The van der Waals surface area contributed by atoms with Crippen molar-refractivity contribution in [2.45, 2.75) is 94.8 Å². The Morgan fingerprint density at radius 1 is 0.806 bits per heavy atom. The Balaban J connectivity index is 1.27. The third kappa shape index (κ3) is 17.3. The van der Waals surface area contributed by atoms with Crippen molar-refractivity contribution in [2.75, 3.05) is 52.2 Å². The SMILES string of the molecule is CN(C)c1ccc(/C=C/c2cc[n+](CCCNC(=S)NCCCCC(NCC(=O)NCCCC[C@@]3(NC(=O)N(C)C(CCC(=O)O)C(=O)O)CCC3C(=O)O)C(=O)O)cc2)cc1. The highest BCUT2D eigenvalue weighted by Gasteiger charge is 2.52. The summed E-state index contributed by atoms with van der Waals surface area (Å²) in [5.74, 6) is -6.06. The Labute approximate surface area is 368 Å². The molecule has 1 fully saturated rings. The second kappa shape index (κ2) is 25.8. The van der Waals surface area contributed by atoms with E-state index in [1.165, 1.54) is 7.05 Å². The zero-order chi connectivity index (χ0) is 45.7. The van der Waals surface area contributed by atoms with Crippen molar-refractivity contribution in [1.82, 2.24) is 31.5 Å². The van der Waals surface area contributed by atoms with E-state index in [-0.39, 0.29) is 25.9 Å². The molecule has 19 heteroatoms. The van der Waals surface area contributed by atoms with Gasteiger partial charge in [0.15, 0.2) is 17.5 Å². The number of nitrogens with one attached hydrogen (secondary N) is 5. The number of carboxylic acid groups (broad SMARTS) is 4. The number of carboxylic acids is 4. The molecule has 4 atom stereocenters. The molecule has 1 aliphatic carbocycles. The maximum Gasteiger partial charge on any atom is 0.326 e. The average molecular weight is 884 g/mol. The molecule has 0 radical (unpaired) electrons. The Kier molecular flexibility index (Phi) is 21.1. The summed E-state index contributed by atoms with van der Waals surface area (Å²) in [5, 5.41) is 53.0. The minimum Gasteiger partial charge on any atom is -0.481 e. The summed E-state index contributed by atoms with van der Waals surface area (Å²) >= 11 is 5.39. The number of unbranched alkanes of at least 4 members (excludes halogenated alkanes) is 2. The second-order valence-electron chi connectivity index (χ2n) is 15.7. The predicted molar refractivity (Wildman–Crippen MR) is 237 cm³/mol. The average Bonchev–Trinajstić information content (AvgIpc) is 3.21. The van der Waals surface area contributed by atoms with Crippen LogP contribution in [0, 0.1) is 5.92 Å². The van der Waals surface area contributed by atoms with Crippen LogP contribution in [0.15, 0.2) is 48.8 Å². The van der Waals surface area contributed by atoms with Gasteiger partial charge in [-0.15, -0.1) is 0 Å². The van der Waals surface area contributed by atoms with Crippen molar-refractivity contribution in [3.63, 3.8) is 0 Å². The first-order valence-corrected chi connectivity index (χ1v) is 21.3. The molecule has 0 aliphatic heterocycles. The largest absolute Gasteiger partial charge is 0.481 e. The number of anilines is 1. The van der Waals surface area contributed by atoms with Crippen LogP contribution in [0.25, 0.3) is 12.2 Å². The number of thiocarbonyl (C=S) groups is 1. The van der Waals surface area contributed by atoms with Crippen LogP contribution in [0.4, 0.5) is 10.5 Å². The van der Waals surface area contributed by atoms with Crippen molar-refractivity contribution in [3.8, 4) is 0 Å². The first kappa shape index (κ1) is 50.5. The van der Waals surface area contributed by atoms with Crippen molar-refractivity contribution in [2.24, 2.45) is 5.92 Å². The fraction of sp³-hybridized carbons (Fsp3) is 0.535. The highest BCUT2D eigenvalue weighted by Crippen LogP contribution is 2.42. The number of carbonyl (C=O) groups excluding carboxylic acids is 2. The first-order valence-electron chi connectivity index (χ1n) is 20.9. The number of pyridine rings is 1. The molecular formula is C43H63N8O10S+. The minimum absolute atomic E-state index is 0.213. The molecule has 3 rings (SSSR count). The van der Waals surface area contributed by atoms with Gasteiger partial charge < -0.3 is 51.5 Å². The smallest absolute Gasteiger partial charge is 0.326 e. The molecule has 1 aromatic carbocycles. The molecular weight excluding hydrogens is 821 g/mol. The third-order valence-electron chi connectivity index (χ3n) is 11.0. The lowest BCUT2D eigenvalue weighted by atomic mass is 9.64. The summed E-state index contributed by atoms with van der Waals surface area (Å²) in [6.07, 6.45) is 11.7. The maximum absolute atomic E-state index is 13.0. The molecule has 340 valence electrons. The molecule has 0 spiro atoms. The second-order valence-corrected chi connectivity index (χ2v) is 16.1. The van der Waals surface area contributed by atoms with E-state index in [9.17, 15) is 44.1 Å². The van der Waals surface area contributed by atoms with Crippen LogP contribution >= 0.6 is 12.2 Å². The van der Waals surface area contributed by atoms with Gasteiger partial charge in [0.05, 0.1) is 18.0 Å². The van der Waals surface area contributed by atoms with Gasteiger partial charge in [-0.1, -0.05) is 24.3 Å². The molecule has 1 aliphatic rings. The van der Waals surface area contributed by atoms with Crippen molar-refractivity contribution in [1.29, 1.82) is 0 Å². The fourth-order valence-electron chi connectivity index (χ4n) is 7.08. The van der Waals surface area contributed by atoms with Gasteiger partial charge in [-0.3, -0.25) is 24.5 Å². The number of amides is 3. The molecule has 62 heavy (non-hydrogen) atoms. The van der Waals surface area contributed by atoms with Crippen LogP contribution in [-0.4, -0.2) is 131 Å². The van der Waals surface area contributed by atoms with Crippen molar-refractivity contribution >= 4 is 71.0 Å². The molecule has 0 saturated heterocycles. The number of benzene rings is 1. The van der Waals surface area contributed by atoms with Crippen molar-refractivity contribution < 1.29 is 53.8 Å². The fourth-order valence-corrected chi connectivity index (χ4v) is 7.29. The van der Waals surface area contributed by atoms with Crippen LogP contribution in [0.3, 0.4) is 0 Å². The summed E-state index contributed by atoms with van der Waals surface area (Å²) in [6.45, 7) is 2.09. The molecule has 1 saturated carbocycles. The lowest BCUT2D eigenvalue weighted by molar-refractivity contribution is -0.697. The van der Waals surface area contributed by atoms with Gasteiger partial charge in [0, 0.05) is 71.4 Å². The number of carbonyl (C=O) groups is 6. The van der Waals surface area contributed by atoms with Crippen LogP contribution < -0.4 is 36.1 Å². The Morgan fingerprint density at radius 3 is 1.98 bits per heavy atom. The zero-order valence-electron chi connectivity index (χ0n) is 35.8. The van der Waals surface area contributed by atoms with Gasteiger partial charge in [0.1, 0.15) is 18.6 Å². The molecule has 1 aromatic heterocycles. The molecule has 2 aromatic rings. The predicted octanol–water partition coefficient (Wildman–Crippen LogP) is 2.76. The minimum atomic E-state index is -1.41. The van der Waals surface area contributed by atoms with E-state index in [0.717, 1.165) is 34.7 Å². The summed E-state index contributed by atoms with van der Waals surface area (Å²) < 4.78 is 2.12. The van der Waals surface area contributed by atoms with Crippen LogP contribution in [0.5, 0.6) is 0 Å². The normalized spacial score (nSPS) is 16.6. The van der Waals surface area contributed by atoms with E-state index in [1.807, 2.05) is 14.1 Å². The zero-order valence-corrected chi connectivity index (χ0v) is 36.6. The lowest BCUT2D eigenvalue weighted by Gasteiger charge is -2.48. The summed E-state index contributed by atoms with van der Waals surface area (Å²) in [5.41, 5.74) is 2.28. The van der Waals surface area contributed by atoms with E-state index in [0.29, 0.717) is 63.1 Å². The number of rotatable bonds is 28. The Morgan fingerprint density at radius 2 is 1.42 bits per heavy atom. The van der Waals surface area contributed by atoms with Crippen LogP contribution in [0.1, 0.15) is 81.8 Å². The first-order chi connectivity index (χ1) is 29.5. The van der Waals surface area contributed by atoms with Crippen LogP contribution in [0.2, 0.25) is 0 Å². The topological polar surface area (TPSA) is 254 Å². The van der Waals surface area contributed by atoms with Crippen LogP contribution in [-0.2, 0) is 30.5 Å². The third-order valence-corrected chi connectivity index (χ3v) is 11.3. The lowest BCUT2D eigenvalue weighted by Crippen LogP contribution is -2.65. The monoisotopic (exact) mass is 883 g/mol. The molecule has 1 heterocycles. The van der Waals surface area contributed by atoms with E-state index in [1.54, 1.807) is 0 Å². The van der Waals surface area contributed by atoms with E-state index in [2.05, 4.69) is 97.0 Å². The van der Waals surface area contributed by atoms with Gasteiger partial charge in [-0.05, 0) is 93.3 Å². The molecule has 3 amide bonds.